The van der Waals surface area contributed by atoms with Crippen molar-refractivity contribution in [1.29, 1.82) is 0 Å². The number of anilines is 1. The summed E-state index contributed by atoms with van der Waals surface area (Å²) in [5, 5.41) is 3.18. The van der Waals surface area contributed by atoms with Gasteiger partial charge in [0.15, 0.2) is 0 Å². The van der Waals surface area contributed by atoms with Crippen LogP contribution in [0.5, 0.6) is 5.88 Å². The smallest absolute Gasteiger partial charge is 0.272 e. The van der Waals surface area contributed by atoms with Crippen molar-refractivity contribution in [1.82, 2.24) is 9.97 Å². The van der Waals surface area contributed by atoms with Crippen molar-refractivity contribution in [3.05, 3.63) is 40.3 Å². The van der Waals surface area contributed by atoms with Gasteiger partial charge >= 0.3 is 0 Å². The van der Waals surface area contributed by atoms with Crippen LogP contribution in [0.1, 0.15) is 10.5 Å². The van der Waals surface area contributed by atoms with Crippen molar-refractivity contribution in [2.75, 3.05) is 12.4 Å². The third-order valence-corrected chi connectivity index (χ3v) is 2.87. The van der Waals surface area contributed by atoms with Crippen LogP contribution in [0.3, 0.4) is 0 Å². The molecule has 94 valence electrons. The first-order valence-electron chi connectivity index (χ1n) is 4.95. The Morgan fingerprint density at radius 3 is 2.72 bits per heavy atom. The Balaban J connectivity index is 2.10. The van der Waals surface area contributed by atoms with Crippen LogP contribution in [-0.2, 0) is 0 Å². The molecule has 18 heavy (non-hydrogen) atoms. The van der Waals surface area contributed by atoms with Crippen molar-refractivity contribution >= 4 is 34.8 Å². The Kier molecular flexibility index (Phi) is 3.74. The highest BCUT2D eigenvalue weighted by atomic mass is 35.5. The monoisotopic (exact) mass is 285 g/mol. The Labute approximate surface area is 113 Å². The zero-order chi connectivity index (χ0) is 13.1. The molecule has 1 amide bonds. The van der Waals surface area contributed by atoms with E-state index in [4.69, 9.17) is 27.9 Å². The number of nitrogens with zero attached hydrogens (tertiary/aromatic N) is 1. The summed E-state index contributed by atoms with van der Waals surface area (Å²) in [6, 6.07) is 4.77. The van der Waals surface area contributed by atoms with Crippen LogP contribution in [0.25, 0.3) is 0 Å². The SMILES string of the molecule is COc1ccc(NC(=O)c2cc(Cl)c(Cl)[nH]2)cn1. The average molecular weight is 286 g/mol. The molecule has 2 heterocycles. The second-order valence-corrected chi connectivity index (χ2v) is 4.17. The normalized spacial score (nSPS) is 10.2. The minimum absolute atomic E-state index is 0.231. The molecule has 0 atom stereocenters. The van der Waals surface area contributed by atoms with E-state index in [0.29, 0.717) is 16.6 Å². The molecule has 0 aliphatic rings. The lowest BCUT2D eigenvalue weighted by atomic mass is 10.3. The maximum atomic E-state index is 11.8. The minimum Gasteiger partial charge on any atom is -0.481 e. The van der Waals surface area contributed by atoms with E-state index >= 15 is 0 Å². The molecule has 0 aliphatic carbocycles. The summed E-state index contributed by atoms with van der Waals surface area (Å²) >= 11 is 11.5. The van der Waals surface area contributed by atoms with Gasteiger partial charge in [-0.15, -0.1) is 0 Å². The highest BCUT2D eigenvalue weighted by Gasteiger charge is 2.11. The quantitative estimate of drug-likeness (QED) is 0.911. The third-order valence-electron chi connectivity index (χ3n) is 2.17. The van der Waals surface area contributed by atoms with E-state index in [0.717, 1.165) is 0 Å². The van der Waals surface area contributed by atoms with E-state index in [2.05, 4.69) is 15.3 Å². The van der Waals surface area contributed by atoms with E-state index in [1.54, 1.807) is 12.1 Å². The van der Waals surface area contributed by atoms with Gasteiger partial charge in [0.05, 0.1) is 24.0 Å². The molecule has 5 nitrogen and oxygen atoms in total. The fourth-order valence-corrected chi connectivity index (χ4v) is 1.61. The summed E-state index contributed by atoms with van der Waals surface area (Å²) in [5.41, 5.74) is 0.823. The van der Waals surface area contributed by atoms with Gasteiger partial charge in [0, 0.05) is 6.07 Å². The molecule has 0 aromatic carbocycles. The fraction of sp³-hybridized carbons (Fsp3) is 0.0909. The predicted molar refractivity (Wildman–Crippen MR) is 69.6 cm³/mol. The summed E-state index contributed by atoms with van der Waals surface area (Å²) in [7, 11) is 1.52. The molecule has 2 rings (SSSR count). The van der Waals surface area contributed by atoms with Gasteiger partial charge in [-0.2, -0.15) is 0 Å². The molecular weight excluding hydrogens is 277 g/mol. The molecule has 2 aromatic heterocycles. The molecule has 2 N–H and O–H groups in total. The summed E-state index contributed by atoms with van der Waals surface area (Å²) < 4.78 is 4.91. The lowest BCUT2D eigenvalue weighted by Gasteiger charge is -2.04. The van der Waals surface area contributed by atoms with Crippen LogP contribution < -0.4 is 10.1 Å². The number of H-pyrrole nitrogens is 1. The Morgan fingerprint density at radius 2 is 2.22 bits per heavy atom. The average Bonchev–Trinajstić information content (AvgIpc) is 2.71. The largest absolute Gasteiger partial charge is 0.481 e. The van der Waals surface area contributed by atoms with Gasteiger partial charge in [0.2, 0.25) is 5.88 Å². The number of ether oxygens (including phenoxy) is 1. The number of amides is 1. The maximum Gasteiger partial charge on any atom is 0.272 e. The van der Waals surface area contributed by atoms with E-state index in [9.17, 15) is 4.79 Å². The summed E-state index contributed by atoms with van der Waals surface area (Å²) in [6.07, 6.45) is 1.49. The number of aromatic nitrogens is 2. The third kappa shape index (κ3) is 2.75. The molecule has 2 aromatic rings. The number of aromatic amines is 1. The molecular formula is C11H9Cl2N3O2. The van der Waals surface area contributed by atoms with E-state index in [1.165, 1.54) is 19.4 Å². The van der Waals surface area contributed by atoms with Crippen LogP contribution in [0, 0.1) is 0 Å². The summed E-state index contributed by atoms with van der Waals surface area (Å²) in [4.78, 5) is 18.4. The number of nitrogens with one attached hydrogen (secondary N) is 2. The zero-order valence-electron chi connectivity index (χ0n) is 9.33. The topological polar surface area (TPSA) is 67.0 Å². The van der Waals surface area contributed by atoms with Crippen molar-refractivity contribution in [3.8, 4) is 5.88 Å². The van der Waals surface area contributed by atoms with Gasteiger partial charge in [-0.25, -0.2) is 4.98 Å². The van der Waals surface area contributed by atoms with Gasteiger partial charge in [-0.05, 0) is 12.1 Å². The van der Waals surface area contributed by atoms with Gasteiger partial charge in [-0.3, -0.25) is 4.79 Å². The number of carbonyl (C=O) groups is 1. The Hall–Kier alpha value is -1.72. The summed E-state index contributed by atoms with van der Waals surface area (Å²) in [6.45, 7) is 0. The first kappa shape index (κ1) is 12.7. The van der Waals surface area contributed by atoms with E-state index < -0.39 is 0 Å². The molecule has 0 fully saturated rings. The van der Waals surface area contributed by atoms with Crippen LogP contribution >= 0.6 is 23.2 Å². The molecule has 0 unspecified atom stereocenters. The van der Waals surface area contributed by atoms with Gasteiger partial charge in [0.25, 0.3) is 5.91 Å². The first-order chi connectivity index (χ1) is 8.60. The minimum atomic E-state index is -0.351. The van der Waals surface area contributed by atoms with Crippen LogP contribution in [-0.4, -0.2) is 23.0 Å². The number of hydrogen-bond acceptors (Lipinski definition) is 3. The van der Waals surface area contributed by atoms with Gasteiger partial charge < -0.3 is 15.0 Å². The first-order valence-corrected chi connectivity index (χ1v) is 5.71. The van der Waals surface area contributed by atoms with Crippen LogP contribution in [0.2, 0.25) is 10.2 Å². The van der Waals surface area contributed by atoms with E-state index in [-0.39, 0.29) is 16.8 Å². The number of rotatable bonds is 3. The lowest BCUT2D eigenvalue weighted by molar-refractivity contribution is 0.102. The van der Waals surface area contributed by atoms with Crippen molar-refractivity contribution < 1.29 is 9.53 Å². The van der Waals surface area contributed by atoms with Crippen molar-refractivity contribution in [3.63, 3.8) is 0 Å². The zero-order valence-corrected chi connectivity index (χ0v) is 10.8. The maximum absolute atomic E-state index is 11.8. The van der Waals surface area contributed by atoms with Gasteiger partial charge in [0.1, 0.15) is 10.8 Å². The predicted octanol–water partition coefficient (Wildman–Crippen LogP) is 2.98. The molecule has 0 aliphatic heterocycles. The number of methoxy groups -OCH3 is 1. The Bertz CT molecular complexity index is 547. The second-order valence-electron chi connectivity index (χ2n) is 3.39. The highest BCUT2D eigenvalue weighted by molar-refractivity contribution is 6.41. The van der Waals surface area contributed by atoms with Crippen molar-refractivity contribution in [2.45, 2.75) is 0 Å². The van der Waals surface area contributed by atoms with E-state index in [1.807, 2.05) is 0 Å². The molecule has 7 heteroatoms. The molecule has 0 saturated heterocycles. The van der Waals surface area contributed by atoms with Crippen molar-refractivity contribution in [2.24, 2.45) is 0 Å². The molecule has 0 bridgehead atoms. The standard InChI is InChI=1S/C11H9Cl2N3O2/c1-18-9-3-2-6(5-14-9)15-11(17)8-4-7(12)10(13)16-8/h2-5,16H,1H3,(H,15,17). The molecule has 0 saturated carbocycles. The number of pyridine rings is 1. The molecule has 0 radical (unpaired) electrons. The number of hydrogen-bond donors (Lipinski definition) is 2. The van der Waals surface area contributed by atoms with Crippen LogP contribution in [0.15, 0.2) is 24.4 Å². The lowest BCUT2D eigenvalue weighted by Crippen LogP contribution is -2.12. The van der Waals surface area contributed by atoms with Crippen LogP contribution in [0.4, 0.5) is 5.69 Å². The highest BCUT2D eigenvalue weighted by Crippen LogP contribution is 2.22. The van der Waals surface area contributed by atoms with Gasteiger partial charge in [-0.1, -0.05) is 23.2 Å². The second kappa shape index (κ2) is 5.29. The summed E-state index contributed by atoms with van der Waals surface area (Å²) in [5.74, 6) is 0.120. The Morgan fingerprint density at radius 1 is 1.44 bits per heavy atom. The molecule has 0 spiro atoms. The fourth-order valence-electron chi connectivity index (χ4n) is 1.30. The number of carbonyl (C=O) groups excluding carboxylic acids is 1. The number of halogens is 2.